The lowest BCUT2D eigenvalue weighted by molar-refractivity contribution is 0.106. The van der Waals surface area contributed by atoms with Crippen molar-refractivity contribution in [1.82, 2.24) is 14.9 Å². The van der Waals surface area contributed by atoms with Gasteiger partial charge in [0.15, 0.2) is 5.16 Å². The Hall–Kier alpha value is -1.09. The van der Waals surface area contributed by atoms with Crippen LogP contribution in [-0.2, 0) is 0 Å². The van der Waals surface area contributed by atoms with E-state index in [1.54, 1.807) is 0 Å². The van der Waals surface area contributed by atoms with Crippen molar-refractivity contribution >= 4 is 23.4 Å². The van der Waals surface area contributed by atoms with Crippen molar-refractivity contribution in [2.24, 2.45) is 17.8 Å². The molecule has 3 heterocycles. The Morgan fingerprint density at radius 3 is 2.52 bits per heavy atom. The van der Waals surface area contributed by atoms with Crippen molar-refractivity contribution in [2.75, 3.05) is 62.8 Å². The van der Waals surface area contributed by atoms with Crippen molar-refractivity contribution in [3.05, 3.63) is 6.07 Å². The zero-order valence-corrected chi connectivity index (χ0v) is 15.7. The Morgan fingerprint density at radius 1 is 1.16 bits per heavy atom. The van der Waals surface area contributed by atoms with Gasteiger partial charge in [-0.05, 0) is 44.0 Å². The molecule has 0 aliphatic carbocycles. The van der Waals surface area contributed by atoms with Gasteiger partial charge in [0.2, 0.25) is 0 Å². The molecule has 0 amide bonds. The molecule has 3 rings (SSSR count). The topological polar surface area (TPSA) is 98.7 Å². The molecule has 2 atom stereocenters. The van der Waals surface area contributed by atoms with Gasteiger partial charge < -0.3 is 25.7 Å². The summed E-state index contributed by atoms with van der Waals surface area (Å²) in [5.41, 5.74) is 5.91. The van der Waals surface area contributed by atoms with Gasteiger partial charge in [-0.25, -0.2) is 9.97 Å². The second kappa shape index (κ2) is 8.53. The number of likely N-dealkylation sites (tertiary alicyclic amines) is 1. The lowest BCUT2D eigenvalue weighted by Crippen LogP contribution is -2.40. The maximum absolute atomic E-state index is 9.83. The van der Waals surface area contributed by atoms with Gasteiger partial charge >= 0.3 is 0 Å². The zero-order valence-electron chi connectivity index (χ0n) is 14.8. The first-order valence-electron chi connectivity index (χ1n) is 9.00. The largest absolute Gasteiger partial charge is 0.396 e. The Labute approximate surface area is 153 Å². The van der Waals surface area contributed by atoms with E-state index in [1.165, 1.54) is 11.8 Å². The lowest BCUT2D eigenvalue weighted by atomic mass is 9.93. The highest BCUT2D eigenvalue weighted by molar-refractivity contribution is 7.98. The van der Waals surface area contributed by atoms with Gasteiger partial charge in [-0.2, -0.15) is 0 Å². The third-order valence-electron chi connectivity index (χ3n) is 5.49. The third kappa shape index (κ3) is 4.55. The molecule has 1 aromatic rings. The van der Waals surface area contributed by atoms with E-state index in [9.17, 15) is 10.2 Å². The molecule has 0 aromatic carbocycles. The van der Waals surface area contributed by atoms with E-state index >= 15 is 0 Å². The Balaban J connectivity index is 1.63. The van der Waals surface area contributed by atoms with Gasteiger partial charge in [-0.3, -0.25) is 0 Å². The maximum atomic E-state index is 9.83. The van der Waals surface area contributed by atoms with Crippen molar-refractivity contribution in [3.8, 4) is 0 Å². The molecular formula is C17H29N5O2S. The molecule has 140 valence electrons. The second-order valence-corrected chi connectivity index (χ2v) is 7.95. The van der Waals surface area contributed by atoms with Gasteiger partial charge in [0, 0.05) is 44.8 Å². The minimum absolute atomic E-state index is 0.199. The van der Waals surface area contributed by atoms with Crippen LogP contribution in [0, 0.1) is 17.8 Å². The van der Waals surface area contributed by atoms with Crippen LogP contribution in [-0.4, -0.2) is 77.3 Å². The van der Waals surface area contributed by atoms with Crippen LogP contribution in [0.25, 0.3) is 0 Å². The van der Waals surface area contributed by atoms with Crippen LogP contribution in [0.2, 0.25) is 0 Å². The normalized spacial score (nSPS) is 25.6. The van der Waals surface area contributed by atoms with E-state index in [1.807, 2.05) is 12.3 Å². The molecule has 2 unspecified atom stereocenters. The number of piperidine rings is 1. The number of anilines is 2. The highest BCUT2D eigenvalue weighted by Crippen LogP contribution is 2.30. The van der Waals surface area contributed by atoms with Crippen molar-refractivity contribution in [3.63, 3.8) is 0 Å². The third-order valence-corrected chi connectivity index (χ3v) is 6.04. The van der Waals surface area contributed by atoms with Crippen LogP contribution in [0.4, 0.5) is 11.6 Å². The summed E-state index contributed by atoms with van der Waals surface area (Å²) in [6.07, 6.45) is 4.07. The highest BCUT2D eigenvalue weighted by Gasteiger charge is 2.35. The second-order valence-electron chi connectivity index (χ2n) is 7.17. The Kier molecular flexibility index (Phi) is 6.38. The van der Waals surface area contributed by atoms with Crippen molar-refractivity contribution < 1.29 is 10.2 Å². The first-order valence-corrected chi connectivity index (χ1v) is 10.2. The van der Waals surface area contributed by atoms with Gasteiger partial charge in [0.05, 0.1) is 0 Å². The van der Waals surface area contributed by atoms with E-state index in [4.69, 9.17) is 5.73 Å². The van der Waals surface area contributed by atoms with Gasteiger partial charge in [0.25, 0.3) is 0 Å². The molecule has 0 bridgehead atoms. The predicted molar refractivity (Wildman–Crippen MR) is 101 cm³/mol. The number of hydrogen-bond acceptors (Lipinski definition) is 8. The van der Waals surface area contributed by atoms with E-state index in [2.05, 4.69) is 19.8 Å². The van der Waals surface area contributed by atoms with Gasteiger partial charge in [0.1, 0.15) is 11.6 Å². The number of thioether (sulfide) groups is 1. The molecule has 25 heavy (non-hydrogen) atoms. The molecular weight excluding hydrogens is 338 g/mol. The molecule has 0 saturated carbocycles. The number of rotatable bonds is 6. The lowest BCUT2D eigenvalue weighted by Gasteiger charge is -2.33. The van der Waals surface area contributed by atoms with E-state index in [-0.39, 0.29) is 12.5 Å². The molecule has 4 N–H and O–H groups in total. The average molecular weight is 368 g/mol. The van der Waals surface area contributed by atoms with Gasteiger partial charge in [-0.1, -0.05) is 11.8 Å². The van der Waals surface area contributed by atoms with E-state index in [0.717, 1.165) is 51.4 Å². The Morgan fingerprint density at radius 2 is 1.88 bits per heavy atom. The number of aliphatic hydroxyl groups is 2. The first-order chi connectivity index (χ1) is 12.1. The fourth-order valence-electron chi connectivity index (χ4n) is 3.91. The average Bonchev–Trinajstić information content (AvgIpc) is 3.04. The van der Waals surface area contributed by atoms with Crippen LogP contribution in [0.5, 0.6) is 0 Å². The molecule has 2 saturated heterocycles. The van der Waals surface area contributed by atoms with Crippen LogP contribution >= 0.6 is 11.8 Å². The molecule has 2 fully saturated rings. The van der Waals surface area contributed by atoms with Crippen LogP contribution < -0.4 is 10.6 Å². The van der Waals surface area contributed by atoms with Crippen LogP contribution in [0.15, 0.2) is 11.2 Å². The predicted octanol–water partition coefficient (Wildman–Crippen LogP) is 0.530. The van der Waals surface area contributed by atoms with E-state index < -0.39 is 0 Å². The SMILES string of the molecule is CSc1nc(N)cc(N2CC(CO)C(CN3CCC(CO)CC3)C2)n1. The summed E-state index contributed by atoms with van der Waals surface area (Å²) < 4.78 is 0. The zero-order chi connectivity index (χ0) is 17.8. The molecule has 2 aliphatic heterocycles. The molecule has 2 aliphatic rings. The molecule has 7 nitrogen and oxygen atoms in total. The fourth-order valence-corrected chi connectivity index (χ4v) is 4.29. The number of nitrogen functional groups attached to an aromatic ring is 1. The summed E-state index contributed by atoms with van der Waals surface area (Å²) in [4.78, 5) is 13.5. The van der Waals surface area contributed by atoms with Gasteiger partial charge in [-0.15, -0.1) is 0 Å². The summed E-state index contributed by atoms with van der Waals surface area (Å²) in [5, 5.41) is 19.8. The summed E-state index contributed by atoms with van der Waals surface area (Å²) >= 11 is 1.49. The smallest absolute Gasteiger partial charge is 0.191 e. The summed E-state index contributed by atoms with van der Waals surface area (Å²) in [7, 11) is 0. The minimum Gasteiger partial charge on any atom is -0.396 e. The molecule has 1 aromatic heterocycles. The highest BCUT2D eigenvalue weighted by atomic mass is 32.2. The Bertz CT molecular complexity index is 568. The van der Waals surface area contributed by atoms with E-state index in [0.29, 0.717) is 29.4 Å². The van der Waals surface area contributed by atoms with Crippen molar-refractivity contribution in [1.29, 1.82) is 0 Å². The molecule has 0 radical (unpaired) electrons. The number of nitrogens with zero attached hydrogens (tertiary/aromatic N) is 4. The molecule has 0 spiro atoms. The van der Waals surface area contributed by atoms with Crippen molar-refractivity contribution in [2.45, 2.75) is 18.0 Å². The summed E-state index contributed by atoms with van der Waals surface area (Å²) in [5.74, 6) is 2.48. The fraction of sp³-hybridized carbons (Fsp3) is 0.765. The quantitative estimate of drug-likeness (QED) is 0.495. The number of nitrogens with two attached hydrogens (primary N) is 1. The molecule has 8 heteroatoms. The summed E-state index contributed by atoms with van der Waals surface area (Å²) in [6, 6.07) is 1.82. The maximum Gasteiger partial charge on any atom is 0.191 e. The number of aromatic nitrogens is 2. The number of hydrogen-bond donors (Lipinski definition) is 3. The van der Waals surface area contributed by atoms with Crippen LogP contribution in [0.1, 0.15) is 12.8 Å². The number of aliphatic hydroxyl groups excluding tert-OH is 2. The standard InChI is InChI=1S/C17H29N5O2S/c1-25-17-19-15(18)6-16(20-17)22-8-13(14(9-22)11-24)7-21-4-2-12(10-23)3-5-21/h6,12-14,23-24H,2-5,7-11H2,1H3,(H2,18,19,20). The van der Waals surface area contributed by atoms with Crippen LogP contribution in [0.3, 0.4) is 0 Å². The summed E-state index contributed by atoms with van der Waals surface area (Å²) in [6.45, 7) is 5.26. The first kappa shape index (κ1) is 18.7. The minimum atomic E-state index is 0.199. The monoisotopic (exact) mass is 367 g/mol.